The van der Waals surface area contributed by atoms with Gasteiger partial charge in [0.2, 0.25) is 0 Å². The fourth-order valence-corrected chi connectivity index (χ4v) is 3.05. The molecule has 1 amide bonds. The Hall–Kier alpha value is -2.81. The Morgan fingerprint density at radius 1 is 1.31 bits per heavy atom. The van der Waals surface area contributed by atoms with Gasteiger partial charge in [-0.2, -0.15) is 10.4 Å². The van der Waals surface area contributed by atoms with E-state index in [2.05, 4.69) is 17.2 Å². The third-order valence-electron chi connectivity index (χ3n) is 4.23. The van der Waals surface area contributed by atoms with Crippen LogP contribution in [0.2, 0.25) is 0 Å². The Kier molecular flexibility index (Phi) is 4.73. The van der Waals surface area contributed by atoms with Crippen LogP contribution in [-0.2, 0) is 11.3 Å². The van der Waals surface area contributed by atoms with Crippen molar-refractivity contribution in [3.05, 3.63) is 41.7 Å². The molecule has 1 saturated heterocycles. The molecule has 6 heteroatoms. The highest BCUT2D eigenvalue weighted by molar-refractivity contribution is 5.69. The lowest BCUT2D eigenvalue weighted by molar-refractivity contribution is -0.00383. The maximum Gasteiger partial charge on any atom is 0.410 e. The van der Waals surface area contributed by atoms with E-state index < -0.39 is 5.60 Å². The van der Waals surface area contributed by atoms with Gasteiger partial charge in [0.05, 0.1) is 17.8 Å². The van der Waals surface area contributed by atoms with Crippen LogP contribution >= 0.6 is 0 Å². The van der Waals surface area contributed by atoms with Crippen LogP contribution in [0.1, 0.15) is 31.9 Å². The van der Waals surface area contributed by atoms with Crippen molar-refractivity contribution in [1.29, 1.82) is 5.26 Å². The quantitative estimate of drug-likeness (QED) is 0.846. The zero-order valence-corrected chi connectivity index (χ0v) is 15.7. The minimum Gasteiger partial charge on any atom is -0.444 e. The lowest BCUT2D eigenvalue weighted by atomic mass is 10.0. The summed E-state index contributed by atoms with van der Waals surface area (Å²) in [5.41, 5.74) is 3.23. The number of carbonyl (C=O) groups excluding carboxylic acids is 1. The van der Waals surface area contributed by atoms with E-state index in [1.165, 1.54) is 0 Å². The van der Waals surface area contributed by atoms with Crippen molar-refractivity contribution in [2.75, 3.05) is 13.1 Å². The topological polar surface area (TPSA) is 71.2 Å². The summed E-state index contributed by atoms with van der Waals surface area (Å²) in [4.78, 5) is 13.7. The molecular formula is C20H24N4O2. The second kappa shape index (κ2) is 6.83. The van der Waals surface area contributed by atoms with Crippen LogP contribution in [0.25, 0.3) is 11.1 Å². The molecule has 6 nitrogen and oxygen atoms in total. The van der Waals surface area contributed by atoms with E-state index in [1.54, 1.807) is 4.90 Å². The van der Waals surface area contributed by atoms with E-state index in [-0.39, 0.29) is 6.09 Å². The third kappa shape index (κ3) is 4.23. The van der Waals surface area contributed by atoms with Gasteiger partial charge in [-0.05, 0) is 51.0 Å². The largest absolute Gasteiger partial charge is 0.444 e. The lowest BCUT2D eigenvalue weighted by Gasteiger charge is -2.39. The summed E-state index contributed by atoms with van der Waals surface area (Å²) < 4.78 is 7.28. The van der Waals surface area contributed by atoms with Gasteiger partial charge in [-0.1, -0.05) is 6.07 Å². The Labute approximate surface area is 154 Å². The second-order valence-electron chi connectivity index (χ2n) is 7.90. The Balaban J connectivity index is 1.58. The molecule has 26 heavy (non-hydrogen) atoms. The molecule has 1 aromatic heterocycles. The van der Waals surface area contributed by atoms with E-state index in [0.29, 0.717) is 24.6 Å². The van der Waals surface area contributed by atoms with E-state index in [1.807, 2.05) is 56.9 Å². The maximum atomic E-state index is 12.0. The average molecular weight is 352 g/mol. The number of carbonyl (C=O) groups is 1. The lowest BCUT2D eigenvalue weighted by Crippen LogP contribution is -2.52. The number of nitriles is 1. The molecule has 0 radical (unpaired) electrons. The fourth-order valence-electron chi connectivity index (χ4n) is 3.05. The van der Waals surface area contributed by atoms with E-state index in [4.69, 9.17) is 10.00 Å². The van der Waals surface area contributed by atoms with E-state index >= 15 is 0 Å². The summed E-state index contributed by atoms with van der Waals surface area (Å²) in [5, 5.41) is 13.6. The number of rotatable bonds is 3. The number of hydrogen-bond donors (Lipinski definition) is 0. The van der Waals surface area contributed by atoms with Crippen LogP contribution in [0.4, 0.5) is 4.79 Å². The average Bonchev–Trinajstić information content (AvgIpc) is 2.96. The molecule has 136 valence electrons. The number of hydrogen-bond acceptors (Lipinski definition) is 4. The zero-order chi connectivity index (χ0) is 18.9. The molecule has 0 unspecified atom stereocenters. The molecule has 0 atom stereocenters. The summed E-state index contributed by atoms with van der Waals surface area (Å²) >= 11 is 0. The van der Waals surface area contributed by atoms with Gasteiger partial charge in [0.1, 0.15) is 5.60 Å². The van der Waals surface area contributed by atoms with Crippen LogP contribution in [0, 0.1) is 24.2 Å². The Bertz CT molecular complexity index is 851. The van der Waals surface area contributed by atoms with Crippen molar-refractivity contribution in [1.82, 2.24) is 14.7 Å². The minimum atomic E-state index is -0.463. The van der Waals surface area contributed by atoms with Gasteiger partial charge in [0, 0.05) is 37.3 Å². The van der Waals surface area contributed by atoms with Gasteiger partial charge in [-0.15, -0.1) is 0 Å². The van der Waals surface area contributed by atoms with Crippen LogP contribution < -0.4 is 0 Å². The Morgan fingerprint density at radius 3 is 2.69 bits per heavy atom. The maximum absolute atomic E-state index is 12.0. The predicted molar refractivity (Wildman–Crippen MR) is 98.4 cm³/mol. The minimum absolute atomic E-state index is 0.251. The molecule has 0 saturated carbocycles. The molecule has 2 heterocycles. The first-order chi connectivity index (χ1) is 12.2. The number of nitrogens with zero attached hydrogens (tertiary/aromatic N) is 4. The zero-order valence-electron chi connectivity index (χ0n) is 15.7. The van der Waals surface area contributed by atoms with Gasteiger partial charge in [0.15, 0.2) is 0 Å². The first kappa shape index (κ1) is 18.0. The standard InChI is InChI=1S/C20H24N4O2/c1-14-5-15(8-21)7-17(6-14)18-9-22-24(13-18)12-16-10-23(11-16)19(25)26-20(2,3)4/h5-7,9,13,16H,10-12H2,1-4H3. The van der Waals surface area contributed by atoms with Crippen LogP contribution in [0.3, 0.4) is 0 Å². The molecule has 0 bridgehead atoms. The molecule has 3 rings (SSSR count). The van der Waals surface area contributed by atoms with E-state index in [0.717, 1.165) is 23.2 Å². The van der Waals surface area contributed by atoms with Gasteiger partial charge in [-0.25, -0.2) is 4.79 Å². The van der Waals surface area contributed by atoms with Gasteiger partial charge >= 0.3 is 6.09 Å². The highest BCUT2D eigenvalue weighted by Crippen LogP contribution is 2.24. The highest BCUT2D eigenvalue weighted by atomic mass is 16.6. The first-order valence-electron chi connectivity index (χ1n) is 8.76. The molecule has 0 spiro atoms. The molecule has 1 aromatic carbocycles. The van der Waals surface area contributed by atoms with Crippen LogP contribution in [0.15, 0.2) is 30.6 Å². The Morgan fingerprint density at radius 2 is 2.04 bits per heavy atom. The molecular weight excluding hydrogens is 328 g/mol. The summed E-state index contributed by atoms with van der Waals surface area (Å²) in [7, 11) is 0. The molecule has 1 fully saturated rings. The SMILES string of the molecule is Cc1cc(C#N)cc(-c2cnn(CC3CN(C(=O)OC(C)(C)C)C3)c2)c1. The predicted octanol–water partition coefficient (Wildman–Crippen LogP) is 3.60. The van der Waals surface area contributed by atoms with Crippen molar-refractivity contribution in [3.8, 4) is 17.2 Å². The van der Waals surface area contributed by atoms with Crippen LogP contribution in [-0.4, -0.2) is 39.5 Å². The highest BCUT2D eigenvalue weighted by Gasteiger charge is 2.33. The van der Waals surface area contributed by atoms with Gasteiger partial charge < -0.3 is 9.64 Å². The summed E-state index contributed by atoms with van der Waals surface area (Å²) in [6.07, 6.45) is 3.56. The van der Waals surface area contributed by atoms with Crippen molar-refractivity contribution in [2.45, 2.75) is 39.8 Å². The van der Waals surface area contributed by atoms with Gasteiger partial charge in [0.25, 0.3) is 0 Å². The second-order valence-corrected chi connectivity index (χ2v) is 7.90. The number of likely N-dealkylation sites (tertiary alicyclic amines) is 1. The molecule has 0 N–H and O–H groups in total. The van der Waals surface area contributed by atoms with Crippen molar-refractivity contribution < 1.29 is 9.53 Å². The summed E-state index contributed by atoms with van der Waals surface area (Å²) in [6, 6.07) is 7.99. The van der Waals surface area contributed by atoms with E-state index in [9.17, 15) is 4.79 Å². The molecule has 1 aliphatic rings. The van der Waals surface area contributed by atoms with Crippen LogP contribution in [0.5, 0.6) is 0 Å². The number of benzene rings is 1. The van der Waals surface area contributed by atoms with Crippen molar-refractivity contribution in [3.63, 3.8) is 0 Å². The molecule has 1 aliphatic heterocycles. The third-order valence-corrected chi connectivity index (χ3v) is 4.23. The summed E-state index contributed by atoms with van der Waals surface area (Å²) in [5.74, 6) is 0.377. The van der Waals surface area contributed by atoms with Gasteiger partial charge in [-0.3, -0.25) is 4.68 Å². The normalized spacial score (nSPS) is 14.7. The van der Waals surface area contributed by atoms with Crippen molar-refractivity contribution >= 4 is 6.09 Å². The number of ether oxygens (including phenoxy) is 1. The molecule has 2 aromatic rings. The first-order valence-corrected chi connectivity index (χ1v) is 8.76. The molecule has 0 aliphatic carbocycles. The smallest absolute Gasteiger partial charge is 0.410 e. The number of amides is 1. The number of aryl methyl sites for hydroxylation is 1. The monoisotopic (exact) mass is 352 g/mol. The fraction of sp³-hybridized carbons (Fsp3) is 0.450. The number of aromatic nitrogens is 2. The summed E-state index contributed by atoms with van der Waals surface area (Å²) in [6.45, 7) is 9.73. The van der Waals surface area contributed by atoms with Crippen molar-refractivity contribution in [2.24, 2.45) is 5.92 Å².